The number of rotatable bonds is 8. The zero-order chi connectivity index (χ0) is 25.8. The Kier molecular flexibility index (Phi) is 8.52. The molecule has 3 saturated carbocycles. The first-order chi connectivity index (χ1) is 18.1. The lowest BCUT2D eigenvalue weighted by Gasteiger charge is -2.42. The molecule has 0 heterocycles. The molecule has 0 saturated heterocycles. The monoisotopic (exact) mass is 508 g/mol. The van der Waals surface area contributed by atoms with Crippen LogP contribution in [-0.4, -0.2) is 13.2 Å². The minimum absolute atomic E-state index is 0.0102. The second kappa shape index (κ2) is 12.0. The van der Waals surface area contributed by atoms with Crippen molar-refractivity contribution in [3.63, 3.8) is 0 Å². The van der Waals surface area contributed by atoms with Gasteiger partial charge in [-0.2, -0.15) is 8.78 Å². The lowest BCUT2D eigenvalue weighted by atomic mass is 9.64. The Labute approximate surface area is 221 Å². The zero-order valence-electron chi connectivity index (χ0n) is 22.3. The summed E-state index contributed by atoms with van der Waals surface area (Å²) in [6.07, 6.45) is 14.5. The lowest BCUT2D eigenvalue weighted by Crippen LogP contribution is -2.32. The highest BCUT2D eigenvalue weighted by atomic mass is 19.2. The number of halogens is 2. The molecule has 0 aromatic heterocycles. The zero-order valence-corrected chi connectivity index (χ0v) is 22.3. The second-order valence-corrected chi connectivity index (χ2v) is 11.7. The van der Waals surface area contributed by atoms with Crippen molar-refractivity contribution in [1.29, 1.82) is 0 Å². The van der Waals surface area contributed by atoms with E-state index >= 15 is 0 Å². The molecular weight excluding hydrogens is 466 g/mol. The molecular formula is C33H42F2O2. The van der Waals surface area contributed by atoms with Gasteiger partial charge in [-0.1, -0.05) is 30.3 Å². The van der Waals surface area contributed by atoms with Crippen LogP contribution in [0.4, 0.5) is 8.78 Å². The maximum Gasteiger partial charge on any atom is 0.204 e. The standard InChI is InChI=1S/C33H42F2O2/c1-3-22-5-8-24(9-6-22)25-11-13-26(14-12-25)28-16-15-27-19-23(7-10-29(27)20-28)21-37-31-18-17-30(36-4-2)32(34)33(31)35/h3,11-14,17-18,22-24,27-29H,1,4-10,15-16,19-21H2,2H3. The van der Waals surface area contributed by atoms with Crippen LogP contribution in [-0.2, 0) is 0 Å². The average Bonchev–Trinajstić information content (AvgIpc) is 2.95. The van der Waals surface area contributed by atoms with Crippen LogP contribution in [0, 0.1) is 35.3 Å². The number of hydrogen-bond donors (Lipinski definition) is 0. The van der Waals surface area contributed by atoms with Gasteiger partial charge >= 0.3 is 0 Å². The molecule has 2 aromatic rings. The third-order valence-electron chi connectivity index (χ3n) is 9.49. The minimum Gasteiger partial charge on any atom is -0.491 e. The van der Waals surface area contributed by atoms with Gasteiger partial charge in [0.1, 0.15) is 0 Å². The quantitative estimate of drug-likeness (QED) is 0.331. The van der Waals surface area contributed by atoms with Crippen LogP contribution in [0.2, 0.25) is 0 Å². The Bertz CT molecular complexity index is 1040. The van der Waals surface area contributed by atoms with Gasteiger partial charge in [-0.15, -0.1) is 6.58 Å². The fraction of sp³-hybridized carbons (Fsp3) is 0.576. The van der Waals surface area contributed by atoms with Crippen molar-refractivity contribution in [2.24, 2.45) is 23.7 Å². The Hall–Kier alpha value is -2.36. The number of fused-ring (bicyclic) bond motifs is 1. The predicted octanol–water partition coefficient (Wildman–Crippen LogP) is 9.20. The van der Waals surface area contributed by atoms with Crippen molar-refractivity contribution in [2.45, 2.75) is 83.0 Å². The van der Waals surface area contributed by atoms with Gasteiger partial charge in [-0.3, -0.25) is 0 Å². The summed E-state index contributed by atoms with van der Waals surface area (Å²) >= 11 is 0. The van der Waals surface area contributed by atoms with Gasteiger partial charge in [0.25, 0.3) is 0 Å². The van der Waals surface area contributed by atoms with E-state index in [0.29, 0.717) is 36.9 Å². The van der Waals surface area contributed by atoms with Gasteiger partial charge in [0.15, 0.2) is 11.5 Å². The third kappa shape index (κ3) is 6.04. The van der Waals surface area contributed by atoms with Crippen molar-refractivity contribution in [1.82, 2.24) is 0 Å². The van der Waals surface area contributed by atoms with Gasteiger partial charge in [-0.05, 0) is 130 Å². The van der Waals surface area contributed by atoms with E-state index in [9.17, 15) is 8.78 Å². The van der Waals surface area contributed by atoms with Crippen LogP contribution < -0.4 is 9.47 Å². The third-order valence-corrected chi connectivity index (χ3v) is 9.49. The van der Waals surface area contributed by atoms with Crippen molar-refractivity contribution in [2.75, 3.05) is 13.2 Å². The molecule has 2 aromatic carbocycles. The fourth-order valence-corrected chi connectivity index (χ4v) is 7.27. The van der Waals surface area contributed by atoms with Crippen LogP contribution >= 0.6 is 0 Å². The van der Waals surface area contributed by atoms with E-state index in [1.54, 1.807) is 6.92 Å². The second-order valence-electron chi connectivity index (χ2n) is 11.7. The van der Waals surface area contributed by atoms with Gasteiger partial charge < -0.3 is 9.47 Å². The Balaban J connectivity index is 1.11. The number of ether oxygens (including phenoxy) is 2. The molecule has 0 N–H and O–H groups in total. The summed E-state index contributed by atoms with van der Waals surface area (Å²) in [6, 6.07) is 12.6. The van der Waals surface area contributed by atoms with E-state index in [0.717, 1.165) is 24.7 Å². The number of hydrogen-bond acceptors (Lipinski definition) is 2. The van der Waals surface area contributed by atoms with Crippen molar-refractivity contribution in [3.8, 4) is 11.5 Å². The molecule has 4 atom stereocenters. The maximum atomic E-state index is 14.4. The van der Waals surface area contributed by atoms with Gasteiger partial charge in [0.05, 0.1) is 13.2 Å². The molecule has 200 valence electrons. The Morgan fingerprint density at radius 3 is 1.95 bits per heavy atom. The highest BCUT2D eigenvalue weighted by Gasteiger charge is 2.36. The topological polar surface area (TPSA) is 18.5 Å². The molecule has 0 bridgehead atoms. The minimum atomic E-state index is -0.963. The molecule has 3 aliphatic rings. The van der Waals surface area contributed by atoms with Crippen LogP contribution in [0.5, 0.6) is 11.5 Å². The summed E-state index contributed by atoms with van der Waals surface area (Å²) in [5, 5.41) is 0. The van der Waals surface area contributed by atoms with Crippen LogP contribution in [0.25, 0.3) is 0 Å². The molecule has 4 heteroatoms. The summed E-state index contributed by atoms with van der Waals surface area (Å²) in [6.45, 7) is 6.47. The number of allylic oxidation sites excluding steroid dienone is 1. The van der Waals surface area contributed by atoms with Gasteiger partial charge in [0.2, 0.25) is 11.6 Å². The molecule has 5 rings (SSSR count). The molecule has 0 radical (unpaired) electrons. The molecule has 3 fully saturated rings. The Morgan fingerprint density at radius 2 is 1.30 bits per heavy atom. The van der Waals surface area contributed by atoms with Crippen molar-refractivity contribution in [3.05, 3.63) is 71.8 Å². The summed E-state index contributed by atoms with van der Waals surface area (Å²) in [4.78, 5) is 0. The highest BCUT2D eigenvalue weighted by Crippen LogP contribution is 2.48. The predicted molar refractivity (Wildman–Crippen MR) is 145 cm³/mol. The molecule has 3 aliphatic carbocycles. The van der Waals surface area contributed by atoms with E-state index in [1.807, 2.05) is 0 Å². The normalized spacial score (nSPS) is 29.8. The van der Waals surface area contributed by atoms with E-state index in [2.05, 4.69) is 36.9 Å². The van der Waals surface area contributed by atoms with E-state index < -0.39 is 11.6 Å². The summed E-state index contributed by atoms with van der Waals surface area (Å²) < 4.78 is 39.5. The van der Waals surface area contributed by atoms with Crippen LogP contribution in [0.1, 0.15) is 94.1 Å². The molecule has 0 spiro atoms. The molecule has 0 amide bonds. The number of benzene rings is 2. The Morgan fingerprint density at radius 1 is 0.730 bits per heavy atom. The van der Waals surface area contributed by atoms with E-state index in [-0.39, 0.29) is 11.5 Å². The van der Waals surface area contributed by atoms with Crippen molar-refractivity contribution < 1.29 is 18.3 Å². The highest BCUT2D eigenvalue weighted by molar-refractivity contribution is 5.35. The van der Waals surface area contributed by atoms with E-state index in [4.69, 9.17) is 9.47 Å². The first-order valence-electron chi connectivity index (χ1n) is 14.5. The van der Waals surface area contributed by atoms with Crippen molar-refractivity contribution >= 4 is 0 Å². The smallest absolute Gasteiger partial charge is 0.204 e. The molecule has 4 unspecified atom stereocenters. The molecule has 37 heavy (non-hydrogen) atoms. The first kappa shape index (κ1) is 26.3. The summed E-state index contributed by atoms with van der Waals surface area (Å²) in [7, 11) is 0. The fourth-order valence-electron chi connectivity index (χ4n) is 7.27. The van der Waals surface area contributed by atoms with Crippen LogP contribution in [0.15, 0.2) is 49.1 Å². The van der Waals surface area contributed by atoms with Gasteiger partial charge in [-0.25, -0.2) is 0 Å². The summed E-state index contributed by atoms with van der Waals surface area (Å²) in [5.74, 6) is 2.00. The maximum absolute atomic E-state index is 14.4. The molecule has 0 aliphatic heterocycles. The lowest BCUT2D eigenvalue weighted by molar-refractivity contribution is 0.0901. The molecule has 2 nitrogen and oxygen atoms in total. The van der Waals surface area contributed by atoms with Gasteiger partial charge in [0, 0.05) is 0 Å². The largest absolute Gasteiger partial charge is 0.491 e. The average molecular weight is 509 g/mol. The summed E-state index contributed by atoms with van der Waals surface area (Å²) in [5.41, 5.74) is 3.03. The SMILES string of the molecule is C=CC1CCC(c2ccc(C3CCC4CC(COc5ccc(OCC)c(F)c5F)CCC4C3)cc2)CC1. The van der Waals surface area contributed by atoms with Crippen LogP contribution in [0.3, 0.4) is 0 Å². The van der Waals surface area contributed by atoms with E-state index in [1.165, 1.54) is 74.6 Å². The first-order valence-corrected chi connectivity index (χ1v) is 14.5.